The molecule has 2 atom stereocenters. The summed E-state index contributed by atoms with van der Waals surface area (Å²) in [6, 6.07) is 4.16. The molecule has 1 fully saturated rings. The molecule has 0 spiro atoms. The van der Waals surface area contributed by atoms with Crippen LogP contribution in [0.2, 0.25) is 0 Å². The molecular weight excluding hydrogens is 335 g/mol. The molecule has 0 N–H and O–H groups in total. The van der Waals surface area contributed by atoms with Gasteiger partial charge in [0.2, 0.25) is 0 Å². The van der Waals surface area contributed by atoms with Crippen LogP contribution in [0.3, 0.4) is 0 Å². The number of benzene rings is 1. The monoisotopic (exact) mass is 350 g/mol. The number of hydrogen-bond donors (Lipinski definition) is 0. The Kier molecular flexibility index (Phi) is 4.50. The zero-order valence-corrected chi connectivity index (χ0v) is 13.0. The minimum atomic E-state index is -3.13. The third-order valence-corrected chi connectivity index (χ3v) is 7.21. The van der Waals surface area contributed by atoms with E-state index in [0.29, 0.717) is 24.2 Å². The highest BCUT2D eigenvalue weighted by Crippen LogP contribution is 2.40. The van der Waals surface area contributed by atoms with E-state index < -0.39 is 25.7 Å². The summed E-state index contributed by atoms with van der Waals surface area (Å²) in [5.74, 6) is 0.315. The summed E-state index contributed by atoms with van der Waals surface area (Å²) < 4.78 is 42.8. The number of ether oxygens (including phenoxy) is 1. The number of hydrogen-bond acceptors (Lipinski definition) is 3. The van der Waals surface area contributed by atoms with Crippen LogP contribution in [0.5, 0.6) is 5.75 Å². The van der Waals surface area contributed by atoms with Gasteiger partial charge in [0.05, 0.1) is 22.9 Å². The van der Waals surface area contributed by atoms with Gasteiger partial charge >= 0.3 is 0 Å². The van der Waals surface area contributed by atoms with Crippen molar-refractivity contribution in [1.29, 1.82) is 0 Å². The highest BCUT2D eigenvalue weighted by molar-refractivity contribution is 9.09. The van der Waals surface area contributed by atoms with Crippen LogP contribution in [-0.4, -0.2) is 26.5 Å². The molecule has 1 saturated heterocycles. The summed E-state index contributed by atoms with van der Waals surface area (Å²) in [4.78, 5) is -0.441. The number of alkyl halides is 1. The fourth-order valence-corrected chi connectivity index (χ4v) is 5.98. The second kappa shape index (κ2) is 5.79. The molecule has 0 saturated carbocycles. The highest BCUT2D eigenvalue weighted by Gasteiger charge is 2.36. The summed E-state index contributed by atoms with van der Waals surface area (Å²) in [5.41, 5.74) is 0.554. The molecule has 0 bridgehead atoms. The fourth-order valence-electron chi connectivity index (χ4n) is 2.43. The molecule has 3 nitrogen and oxygen atoms in total. The first kappa shape index (κ1) is 14.8. The highest BCUT2D eigenvalue weighted by atomic mass is 79.9. The van der Waals surface area contributed by atoms with Gasteiger partial charge in [0.15, 0.2) is 9.84 Å². The summed E-state index contributed by atoms with van der Waals surface area (Å²) >= 11 is 3.42. The third kappa shape index (κ3) is 3.11. The van der Waals surface area contributed by atoms with Gasteiger partial charge < -0.3 is 4.74 Å². The van der Waals surface area contributed by atoms with Gasteiger partial charge in [-0.05, 0) is 31.0 Å². The Morgan fingerprint density at radius 2 is 2.16 bits per heavy atom. The predicted molar refractivity (Wildman–Crippen MR) is 76.0 cm³/mol. The van der Waals surface area contributed by atoms with E-state index in [-0.39, 0.29) is 5.75 Å². The van der Waals surface area contributed by atoms with Gasteiger partial charge in [-0.15, -0.1) is 0 Å². The molecule has 0 amide bonds. The fraction of sp³-hybridized carbons (Fsp3) is 0.538. The summed E-state index contributed by atoms with van der Waals surface area (Å²) in [6.07, 6.45) is 2.18. The van der Waals surface area contributed by atoms with Crippen molar-refractivity contribution in [3.8, 4) is 5.75 Å². The minimum absolute atomic E-state index is 0.206. The van der Waals surface area contributed by atoms with E-state index in [0.717, 1.165) is 6.42 Å². The lowest BCUT2D eigenvalue weighted by molar-refractivity contribution is 0.406. The van der Waals surface area contributed by atoms with Gasteiger partial charge in [-0.1, -0.05) is 22.4 Å². The standard InChI is InChI=1S/C13H16BrFO3S/c1-18-11-6-5-9(15)8-10(11)13(14)12-4-2-3-7-19(12,16)17/h5-6,8,12-13H,2-4,7H2,1H3. The summed E-state index contributed by atoms with van der Waals surface area (Å²) in [7, 11) is -1.64. The van der Waals surface area contributed by atoms with E-state index in [2.05, 4.69) is 15.9 Å². The molecule has 0 aromatic heterocycles. The van der Waals surface area contributed by atoms with Crippen molar-refractivity contribution in [3.05, 3.63) is 29.6 Å². The maximum absolute atomic E-state index is 13.4. The maximum Gasteiger partial charge on any atom is 0.154 e. The van der Waals surface area contributed by atoms with Crippen molar-refractivity contribution in [2.45, 2.75) is 29.3 Å². The van der Waals surface area contributed by atoms with Gasteiger partial charge in [-0.2, -0.15) is 0 Å². The van der Waals surface area contributed by atoms with Crippen molar-refractivity contribution in [2.24, 2.45) is 0 Å². The van der Waals surface area contributed by atoms with Gasteiger partial charge in [-0.3, -0.25) is 0 Å². The second-order valence-corrected chi connectivity index (χ2v) is 8.02. The number of halogens is 2. The lowest BCUT2D eigenvalue weighted by Crippen LogP contribution is -2.31. The third-order valence-electron chi connectivity index (χ3n) is 3.44. The Morgan fingerprint density at radius 3 is 2.79 bits per heavy atom. The Balaban J connectivity index is 2.38. The molecule has 1 heterocycles. The molecule has 2 unspecified atom stereocenters. The number of methoxy groups -OCH3 is 1. The molecular formula is C13H16BrFO3S. The van der Waals surface area contributed by atoms with E-state index in [1.165, 1.54) is 25.3 Å². The lowest BCUT2D eigenvalue weighted by atomic mass is 10.0. The maximum atomic E-state index is 13.4. The Morgan fingerprint density at radius 1 is 1.42 bits per heavy atom. The first-order chi connectivity index (χ1) is 8.95. The second-order valence-electron chi connectivity index (χ2n) is 4.69. The molecule has 1 aromatic rings. The van der Waals surface area contributed by atoms with Crippen LogP contribution < -0.4 is 4.74 Å². The molecule has 1 aliphatic rings. The van der Waals surface area contributed by atoms with Gasteiger partial charge in [-0.25, -0.2) is 12.8 Å². The van der Waals surface area contributed by atoms with Crippen LogP contribution in [0.1, 0.15) is 29.7 Å². The predicted octanol–water partition coefficient (Wildman–Crippen LogP) is 3.24. The first-order valence-electron chi connectivity index (χ1n) is 6.15. The molecule has 0 radical (unpaired) electrons. The quantitative estimate of drug-likeness (QED) is 0.786. The molecule has 2 rings (SSSR count). The van der Waals surface area contributed by atoms with Crippen molar-refractivity contribution < 1.29 is 17.5 Å². The van der Waals surface area contributed by atoms with Gasteiger partial charge in [0, 0.05) is 5.56 Å². The topological polar surface area (TPSA) is 43.4 Å². The van der Waals surface area contributed by atoms with Crippen molar-refractivity contribution in [1.82, 2.24) is 0 Å². The smallest absolute Gasteiger partial charge is 0.154 e. The SMILES string of the molecule is COc1ccc(F)cc1C(Br)C1CCCCS1(=O)=O. The molecule has 0 aliphatic carbocycles. The minimum Gasteiger partial charge on any atom is -0.496 e. The van der Waals surface area contributed by atoms with Crippen LogP contribution in [-0.2, 0) is 9.84 Å². The summed E-state index contributed by atoms with van der Waals surface area (Å²) in [6.45, 7) is 0. The van der Waals surface area contributed by atoms with Crippen LogP contribution in [0.25, 0.3) is 0 Å². The average Bonchev–Trinajstić information content (AvgIpc) is 2.37. The van der Waals surface area contributed by atoms with Crippen LogP contribution in [0.15, 0.2) is 18.2 Å². The summed E-state index contributed by atoms with van der Waals surface area (Å²) in [5, 5.41) is -0.517. The molecule has 1 aromatic carbocycles. The van der Waals surface area contributed by atoms with Gasteiger partial charge in [0.1, 0.15) is 11.6 Å². The zero-order chi connectivity index (χ0) is 14.0. The average molecular weight is 351 g/mol. The number of sulfone groups is 1. The van der Waals surface area contributed by atoms with Crippen LogP contribution in [0, 0.1) is 5.82 Å². The van der Waals surface area contributed by atoms with E-state index in [1.807, 2.05) is 0 Å². The molecule has 106 valence electrons. The van der Waals surface area contributed by atoms with E-state index in [9.17, 15) is 12.8 Å². The lowest BCUT2D eigenvalue weighted by Gasteiger charge is -2.27. The Labute approximate surface area is 121 Å². The van der Waals surface area contributed by atoms with Crippen LogP contribution >= 0.6 is 15.9 Å². The number of rotatable bonds is 3. The van der Waals surface area contributed by atoms with E-state index >= 15 is 0 Å². The Bertz CT molecular complexity index is 559. The van der Waals surface area contributed by atoms with Crippen molar-refractivity contribution in [3.63, 3.8) is 0 Å². The van der Waals surface area contributed by atoms with Gasteiger partial charge in [0.25, 0.3) is 0 Å². The molecule has 6 heteroatoms. The normalized spacial score (nSPS) is 23.8. The van der Waals surface area contributed by atoms with E-state index in [4.69, 9.17) is 4.74 Å². The van der Waals surface area contributed by atoms with Crippen LogP contribution in [0.4, 0.5) is 4.39 Å². The zero-order valence-electron chi connectivity index (χ0n) is 10.6. The first-order valence-corrected chi connectivity index (χ1v) is 8.78. The Hall–Kier alpha value is -0.620. The molecule has 19 heavy (non-hydrogen) atoms. The van der Waals surface area contributed by atoms with Crippen molar-refractivity contribution >= 4 is 25.8 Å². The van der Waals surface area contributed by atoms with E-state index in [1.54, 1.807) is 0 Å². The molecule has 1 aliphatic heterocycles. The largest absolute Gasteiger partial charge is 0.496 e. The van der Waals surface area contributed by atoms with Crippen molar-refractivity contribution in [2.75, 3.05) is 12.9 Å².